The van der Waals surface area contributed by atoms with Crippen LogP contribution < -0.4 is 9.80 Å². The maximum absolute atomic E-state index is 13.4. The van der Waals surface area contributed by atoms with Gasteiger partial charge < -0.3 is 4.90 Å². The van der Waals surface area contributed by atoms with Gasteiger partial charge in [0.05, 0.1) is 15.1 Å². The molecule has 0 bridgehead atoms. The Morgan fingerprint density at radius 1 is 1.20 bits per heavy atom. The van der Waals surface area contributed by atoms with Crippen molar-refractivity contribution in [1.82, 2.24) is 0 Å². The van der Waals surface area contributed by atoms with Crippen LogP contribution in [0.1, 0.15) is 5.56 Å². The zero-order valence-corrected chi connectivity index (χ0v) is 16.7. The maximum Gasteiger partial charge on any atom is 0.270 e. The Bertz CT molecular complexity index is 881. The quantitative estimate of drug-likeness (QED) is 0.495. The fourth-order valence-corrected chi connectivity index (χ4v) is 4.04. The molecule has 0 saturated carbocycles. The van der Waals surface area contributed by atoms with Gasteiger partial charge in [0.15, 0.2) is 4.32 Å². The number of hydrogen-bond donors (Lipinski definition) is 0. The van der Waals surface area contributed by atoms with E-state index in [9.17, 15) is 9.18 Å². The lowest BCUT2D eigenvalue weighted by Gasteiger charge is -2.17. The molecule has 0 aromatic heterocycles. The number of rotatable bonds is 3. The van der Waals surface area contributed by atoms with Gasteiger partial charge in [0.2, 0.25) is 0 Å². The highest BCUT2D eigenvalue weighted by molar-refractivity contribution is 9.10. The zero-order chi connectivity index (χ0) is 18.1. The van der Waals surface area contributed by atoms with E-state index in [1.54, 1.807) is 18.2 Å². The summed E-state index contributed by atoms with van der Waals surface area (Å²) in [5, 5.41) is 0. The van der Waals surface area contributed by atoms with E-state index in [1.165, 1.54) is 22.7 Å². The summed E-state index contributed by atoms with van der Waals surface area (Å²) in [5.41, 5.74) is 2.51. The third kappa shape index (κ3) is 3.78. The van der Waals surface area contributed by atoms with Crippen molar-refractivity contribution in [1.29, 1.82) is 0 Å². The summed E-state index contributed by atoms with van der Waals surface area (Å²) in [6.07, 6.45) is 1.72. The summed E-state index contributed by atoms with van der Waals surface area (Å²) in [6.45, 7) is 0. The lowest BCUT2D eigenvalue weighted by molar-refractivity contribution is -0.113. The average Bonchev–Trinajstić information content (AvgIpc) is 2.85. The molecule has 7 heteroatoms. The fourth-order valence-electron chi connectivity index (χ4n) is 2.34. The van der Waals surface area contributed by atoms with Gasteiger partial charge in [-0.25, -0.2) is 4.39 Å². The highest BCUT2D eigenvalue weighted by atomic mass is 79.9. The van der Waals surface area contributed by atoms with E-state index in [0.29, 0.717) is 13.7 Å². The van der Waals surface area contributed by atoms with E-state index in [0.717, 1.165) is 16.9 Å². The second kappa shape index (κ2) is 7.27. The Balaban J connectivity index is 1.89. The first-order valence-electron chi connectivity index (χ1n) is 7.37. The summed E-state index contributed by atoms with van der Waals surface area (Å²) in [7, 11) is 3.91. The zero-order valence-electron chi connectivity index (χ0n) is 13.5. The topological polar surface area (TPSA) is 23.6 Å². The summed E-state index contributed by atoms with van der Waals surface area (Å²) < 4.78 is 14.2. The van der Waals surface area contributed by atoms with Crippen molar-refractivity contribution in [3.8, 4) is 0 Å². The number of thioether (sulfide) groups is 1. The van der Waals surface area contributed by atoms with Crippen molar-refractivity contribution < 1.29 is 9.18 Å². The Labute approximate surface area is 163 Å². The van der Waals surface area contributed by atoms with Crippen LogP contribution in [0.5, 0.6) is 0 Å². The molecule has 0 N–H and O–H groups in total. The van der Waals surface area contributed by atoms with Gasteiger partial charge >= 0.3 is 0 Å². The Hall–Kier alpha value is -1.70. The molecule has 2 aromatic carbocycles. The summed E-state index contributed by atoms with van der Waals surface area (Å²) in [5.74, 6) is -0.515. The van der Waals surface area contributed by atoms with Gasteiger partial charge in [-0.2, -0.15) is 0 Å². The number of carbonyl (C=O) groups excluding carboxylic acids is 1. The van der Waals surface area contributed by atoms with E-state index in [2.05, 4.69) is 15.9 Å². The molecule has 1 aliphatic rings. The number of halogens is 2. The molecule has 25 heavy (non-hydrogen) atoms. The van der Waals surface area contributed by atoms with Crippen molar-refractivity contribution in [2.75, 3.05) is 23.9 Å². The third-order valence-electron chi connectivity index (χ3n) is 3.66. The number of carbonyl (C=O) groups is 1. The smallest absolute Gasteiger partial charge is 0.270 e. The van der Waals surface area contributed by atoms with E-state index in [-0.39, 0.29) is 11.7 Å². The first kappa shape index (κ1) is 18.1. The van der Waals surface area contributed by atoms with Gasteiger partial charge in [-0.05, 0) is 64.0 Å². The molecule has 0 radical (unpaired) electrons. The Kier molecular flexibility index (Phi) is 5.27. The molecule has 2 aromatic rings. The predicted molar refractivity (Wildman–Crippen MR) is 111 cm³/mol. The minimum absolute atomic E-state index is 0.173. The predicted octanol–water partition coefficient (Wildman–Crippen LogP) is 5.06. The van der Waals surface area contributed by atoms with Crippen LogP contribution in [0.25, 0.3) is 6.08 Å². The molecular formula is C18H14BrFN2OS2. The van der Waals surface area contributed by atoms with Gasteiger partial charge in [0, 0.05) is 19.8 Å². The van der Waals surface area contributed by atoms with Crippen molar-refractivity contribution in [3.63, 3.8) is 0 Å². The van der Waals surface area contributed by atoms with E-state index in [4.69, 9.17) is 12.2 Å². The van der Waals surface area contributed by atoms with Crippen molar-refractivity contribution in [3.05, 3.63) is 63.2 Å². The highest BCUT2D eigenvalue weighted by Gasteiger charge is 2.33. The third-order valence-corrected chi connectivity index (χ3v) is 5.57. The monoisotopic (exact) mass is 436 g/mol. The lowest BCUT2D eigenvalue weighted by Crippen LogP contribution is -2.27. The number of amides is 1. The van der Waals surface area contributed by atoms with Crippen LogP contribution in [0.2, 0.25) is 0 Å². The van der Waals surface area contributed by atoms with Gasteiger partial charge in [-0.15, -0.1) is 0 Å². The molecule has 1 aliphatic heterocycles. The highest BCUT2D eigenvalue weighted by Crippen LogP contribution is 2.36. The van der Waals surface area contributed by atoms with Gasteiger partial charge in [0.25, 0.3) is 5.91 Å². The van der Waals surface area contributed by atoms with Crippen molar-refractivity contribution in [2.24, 2.45) is 0 Å². The molecule has 128 valence electrons. The van der Waals surface area contributed by atoms with E-state index >= 15 is 0 Å². The van der Waals surface area contributed by atoms with Gasteiger partial charge in [0.1, 0.15) is 5.82 Å². The molecule has 1 saturated heterocycles. The number of benzene rings is 2. The maximum atomic E-state index is 13.4. The molecule has 3 rings (SSSR count). The Morgan fingerprint density at radius 3 is 2.48 bits per heavy atom. The number of nitrogens with zero attached hydrogens (tertiary/aromatic N) is 2. The van der Waals surface area contributed by atoms with Gasteiger partial charge in [-0.3, -0.25) is 9.69 Å². The van der Waals surface area contributed by atoms with Crippen LogP contribution in [-0.2, 0) is 4.79 Å². The van der Waals surface area contributed by atoms with Crippen molar-refractivity contribution in [2.45, 2.75) is 0 Å². The van der Waals surface area contributed by atoms with Crippen LogP contribution >= 0.6 is 39.9 Å². The standard InChI is InChI=1S/C18H14BrFN2OS2/c1-21(2)12-4-6-13(7-5-12)22-17(23)16(25-18(22)24)10-11-3-8-15(20)14(19)9-11/h3-10H,1-2H3/b16-10+. The molecule has 0 spiro atoms. The average molecular weight is 437 g/mol. The molecular weight excluding hydrogens is 423 g/mol. The molecule has 1 fully saturated rings. The Morgan fingerprint density at radius 2 is 1.88 bits per heavy atom. The largest absolute Gasteiger partial charge is 0.378 e. The second-order valence-electron chi connectivity index (χ2n) is 5.60. The minimum atomic E-state index is -0.342. The minimum Gasteiger partial charge on any atom is -0.378 e. The fraction of sp³-hybridized carbons (Fsp3) is 0.111. The lowest BCUT2D eigenvalue weighted by atomic mass is 10.2. The summed E-state index contributed by atoms with van der Waals surface area (Å²) >= 11 is 9.77. The SMILES string of the molecule is CN(C)c1ccc(N2C(=O)/C(=C\c3ccc(F)c(Br)c3)SC2=S)cc1. The molecule has 1 heterocycles. The number of thiocarbonyl (C=S) groups is 1. The van der Waals surface area contributed by atoms with Crippen LogP contribution in [0.3, 0.4) is 0 Å². The van der Waals surface area contributed by atoms with Crippen LogP contribution in [-0.4, -0.2) is 24.3 Å². The molecule has 1 amide bonds. The number of anilines is 2. The molecule has 0 aliphatic carbocycles. The van der Waals surface area contributed by atoms with E-state index < -0.39 is 0 Å². The summed E-state index contributed by atoms with van der Waals surface area (Å²) in [6, 6.07) is 12.2. The first-order valence-corrected chi connectivity index (χ1v) is 9.39. The molecule has 0 atom stereocenters. The molecule has 3 nitrogen and oxygen atoms in total. The summed E-state index contributed by atoms with van der Waals surface area (Å²) in [4.78, 5) is 16.8. The van der Waals surface area contributed by atoms with Crippen LogP contribution in [0.4, 0.5) is 15.8 Å². The number of hydrogen-bond acceptors (Lipinski definition) is 4. The second-order valence-corrected chi connectivity index (χ2v) is 8.13. The van der Waals surface area contributed by atoms with Crippen molar-refractivity contribution >= 4 is 67.6 Å². The van der Waals surface area contributed by atoms with Gasteiger partial charge in [-0.1, -0.05) is 30.0 Å². The van der Waals surface area contributed by atoms with Crippen LogP contribution in [0.15, 0.2) is 51.8 Å². The molecule has 0 unspecified atom stereocenters. The normalized spacial score (nSPS) is 16.0. The van der Waals surface area contributed by atoms with Crippen LogP contribution in [0, 0.1) is 5.82 Å². The first-order chi connectivity index (χ1) is 11.9. The van der Waals surface area contributed by atoms with E-state index in [1.807, 2.05) is 43.3 Å².